The summed E-state index contributed by atoms with van der Waals surface area (Å²) in [7, 11) is 0. The molecule has 18 heavy (non-hydrogen) atoms. The summed E-state index contributed by atoms with van der Waals surface area (Å²) in [5.41, 5.74) is 6.31. The molecular weight excluding hydrogens is 316 g/mol. The monoisotopic (exact) mass is 334 g/mol. The predicted octanol–water partition coefficient (Wildman–Crippen LogP) is 2.97. The minimum Gasteiger partial charge on any atom is -0.348 e. The van der Waals surface area contributed by atoms with E-state index in [4.69, 9.17) is 5.73 Å². The number of rotatable bonds is 5. The topological polar surface area (TPSA) is 55.1 Å². The van der Waals surface area contributed by atoms with Gasteiger partial charge in [-0.05, 0) is 40.4 Å². The van der Waals surface area contributed by atoms with Gasteiger partial charge in [0.1, 0.15) is 0 Å². The van der Waals surface area contributed by atoms with Gasteiger partial charge in [-0.25, -0.2) is 0 Å². The normalized spacial score (nSPS) is 11.8. The van der Waals surface area contributed by atoms with Crippen molar-refractivity contribution in [2.75, 3.05) is 6.54 Å². The zero-order chi connectivity index (χ0) is 12.8. The smallest absolute Gasteiger partial charge is 0.252 e. The van der Waals surface area contributed by atoms with Crippen molar-refractivity contribution < 1.29 is 4.79 Å². The van der Waals surface area contributed by atoms with Crippen LogP contribution in [0.15, 0.2) is 28.7 Å². The quantitative estimate of drug-likeness (QED) is 0.869. The number of hydrogen-bond acceptors (Lipinski definition) is 2. The van der Waals surface area contributed by atoms with Crippen molar-refractivity contribution in [2.45, 2.75) is 26.3 Å². The van der Waals surface area contributed by atoms with Crippen LogP contribution in [0.1, 0.15) is 30.6 Å². The third-order valence-corrected chi connectivity index (χ3v) is 3.19. The van der Waals surface area contributed by atoms with Gasteiger partial charge in [0.15, 0.2) is 0 Å². The lowest BCUT2D eigenvalue weighted by molar-refractivity contribution is 0.0933. The van der Waals surface area contributed by atoms with Crippen LogP contribution >= 0.6 is 28.3 Å². The fourth-order valence-electron chi connectivity index (χ4n) is 1.69. The largest absolute Gasteiger partial charge is 0.348 e. The van der Waals surface area contributed by atoms with Crippen LogP contribution in [0.3, 0.4) is 0 Å². The molecule has 0 saturated heterocycles. The first-order valence-corrected chi connectivity index (χ1v) is 6.59. The van der Waals surface area contributed by atoms with E-state index in [-0.39, 0.29) is 24.4 Å². The average Bonchev–Trinajstić information content (AvgIpc) is 2.27. The number of amides is 1. The van der Waals surface area contributed by atoms with Gasteiger partial charge in [-0.3, -0.25) is 4.79 Å². The second-order valence-electron chi connectivity index (χ2n) is 4.52. The molecule has 0 aromatic heterocycles. The van der Waals surface area contributed by atoms with E-state index < -0.39 is 0 Å². The van der Waals surface area contributed by atoms with Gasteiger partial charge in [0.25, 0.3) is 5.91 Å². The third-order valence-electron chi connectivity index (χ3n) is 2.49. The molecule has 1 aromatic rings. The Morgan fingerprint density at radius 1 is 1.39 bits per heavy atom. The maximum Gasteiger partial charge on any atom is 0.252 e. The Hall–Kier alpha value is -0.580. The Labute approximate surface area is 123 Å². The van der Waals surface area contributed by atoms with Gasteiger partial charge in [-0.15, -0.1) is 12.4 Å². The van der Waals surface area contributed by atoms with E-state index in [9.17, 15) is 4.79 Å². The Bertz CT molecular complexity index is 385. The Morgan fingerprint density at radius 3 is 2.50 bits per heavy atom. The van der Waals surface area contributed by atoms with Gasteiger partial charge in [-0.1, -0.05) is 26.0 Å². The molecule has 0 spiro atoms. The summed E-state index contributed by atoms with van der Waals surface area (Å²) in [6.45, 7) is 4.70. The molecule has 0 heterocycles. The lowest BCUT2D eigenvalue weighted by Crippen LogP contribution is -2.41. The van der Waals surface area contributed by atoms with Crippen LogP contribution < -0.4 is 11.1 Å². The zero-order valence-corrected chi connectivity index (χ0v) is 13.1. The lowest BCUT2D eigenvalue weighted by atomic mass is 10.0. The highest BCUT2D eigenvalue weighted by atomic mass is 79.9. The number of carbonyl (C=O) groups is 1. The SMILES string of the molecule is CC(C)CC(CN)NC(=O)c1ccccc1Br.Cl. The fourth-order valence-corrected chi connectivity index (χ4v) is 2.16. The molecule has 0 aliphatic heterocycles. The fraction of sp³-hybridized carbons (Fsp3) is 0.462. The Morgan fingerprint density at radius 2 is 2.00 bits per heavy atom. The van der Waals surface area contributed by atoms with E-state index in [0.717, 1.165) is 10.9 Å². The van der Waals surface area contributed by atoms with Gasteiger partial charge in [0, 0.05) is 17.1 Å². The summed E-state index contributed by atoms with van der Waals surface area (Å²) in [4.78, 5) is 12.0. The third kappa shape index (κ3) is 5.38. The molecule has 0 bridgehead atoms. The molecule has 0 saturated carbocycles. The number of carbonyl (C=O) groups excluding carboxylic acids is 1. The first-order valence-electron chi connectivity index (χ1n) is 5.80. The van der Waals surface area contributed by atoms with E-state index in [2.05, 4.69) is 35.1 Å². The van der Waals surface area contributed by atoms with Crippen LogP contribution in [0.25, 0.3) is 0 Å². The molecular formula is C13H20BrClN2O. The van der Waals surface area contributed by atoms with Crippen LogP contribution in [0.2, 0.25) is 0 Å². The molecule has 5 heteroatoms. The van der Waals surface area contributed by atoms with Gasteiger partial charge in [0.2, 0.25) is 0 Å². The molecule has 1 amide bonds. The molecule has 0 aliphatic carbocycles. The van der Waals surface area contributed by atoms with E-state index in [1.165, 1.54) is 0 Å². The summed E-state index contributed by atoms with van der Waals surface area (Å²) in [6.07, 6.45) is 0.896. The number of halogens is 2. The molecule has 0 aliphatic rings. The number of nitrogens with two attached hydrogens (primary N) is 1. The van der Waals surface area contributed by atoms with Crippen molar-refractivity contribution in [3.05, 3.63) is 34.3 Å². The van der Waals surface area contributed by atoms with Crippen LogP contribution in [0, 0.1) is 5.92 Å². The van der Waals surface area contributed by atoms with Crippen LogP contribution in [-0.4, -0.2) is 18.5 Å². The van der Waals surface area contributed by atoms with Gasteiger partial charge in [-0.2, -0.15) is 0 Å². The van der Waals surface area contributed by atoms with Crippen molar-refractivity contribution in [3.8, 4) is 0 Å². The van der Waals surface area contributed by atoms with Gasteiger partial charge < -0.3 is 11.1 Å². The molecule has 1 aromatic carbocycles. The van der Waals surface area contributed by atoms with Gasteiger partial charge in [0.05, 0.1) is 5.56 Å². The van der Waals surface area contributed by atoms with Crippen LogP contribution in [0.5, 0.6) is 0 Å². The van der Waals surface area contributed by atoms with Crippen LogP contribution in [-0.2, 0) is 0 Å². The minimum absolute atomic E-state index is 0. The molecule has 102 valence electrons. The summed E-state index contributed by atoms with van der Waals surface area (Å²) < 4.78 is 0.804. The second-order valence-corrected chi connectivity index (χ2v) is 5.37. The van der Waals surface area contributed by atoms with E-state index in [1.54, 1.807) is 6.07 Å². The molecule has 3 nitrogen and oxygen atoms in total. The molecule has 3 N–H and O–H groups in total. The van der Waals surface area contributed by atoms with E-state index in [0.29, 0.717) is 18.0 Å². The minimum atomic E-state index is -0.0754. The van der Waals surface area contributed by atoms with Gasteiger partial charge >= 0.3 is 0 Å². The van der Waals surface area contributed by atoms with Crippen molar-refractivity contribution in [1.29, 1.82) is 0 Å². The predicted molar refractivity (Wildman–Crippen MR) is 81.2 cm³/mol. The van der Waals surface area contributed by atoms with Crippen LogP contribution in [0.4, 0.5) is 0 Å². The molecule has 0 fully saturated rings. The highest BCUT2D eigenvalue weighted by Crippen LogP contribution is 2.16. The van der Waals surface area contributed by atoms with E-state index >= 15 is 0 Å². The highest BCUT2D eigenvalue weighted by molar-refractivity contribution is 9.10. The lowest BCUT2D eigenvalue weighted by Gasteiger charge is -2.19. The van der Waals surface area contributed by atoms with Crippen molar-refractivity contribution >= 4 is 34.2 Å². The highest BCUT2D eigenvalue weighted by Gasteiger charge is 2.15. The first-order chi connectivity index (χ1) is 8.04. The van der Waals surface area contributed by atoms with Crippen molar-refractivity contribution in [2.24, 2.45) is 11.7 Å². The molecule has 1 atom stereocenters. The summed E-state index contributed by atoms with van der Waals surface area (Å²) >= 11 is 3.37. The number of hydrogen-bond donors (Lipinski definition) is 2. The zero-order valence-electron chi connectivity index (χ0n) is 10.7. The summed E-state index contributed by atoms with van der Waals surface area (Å²) in [6, 6.07) is 7.42. The molecule has 1 unspecified atom stereocenters. The standard InChI is InChI=1S/C13H19BrN2O.ClH/c1-9(2)7-10(8-15)16-13(17)11-5-3-4-6-12(11)14;/h3-6,9-10H,7-8,15H2,1-2H3,(H,16,17);1H. The Balaban J connectivity index is 0.00000289. The first kappa shape index (κ1) is 17.4. The maximum atomic E-state index is 12.0. The Kier molecular flexibility index (Phi) is 8.24. The molecule has 0 radical (unpaired) electrons. The number of nitrogens with one attached hydrogen (secondary N) is 1. The summed E-state index contributed by atoms with van der Waals surface area (Å²) in [5, 5.41) is 2.96. The maximum absolute atomic E-state index is 12.0. The van der Waals surface area contributed by atoms with Crippen molar-refractivity contribution in [1.82, 2.24) is 5.32 Å². The number of benzene rings is 1. The van der Waals surface area contributed by atoms with E-state index in [1.807, 2.05) is 18.2 Å². The average molecular weight is 336 g/mol. The summed E-state index contributed by atoms with van der Waals surface area (Å²) in [5.74, 6) is 0.441. The second kappa shape index (κ2) is 8.51. The van der Waals surface area contributed by atoms with Crippen molar-refractivity contribution in [3.63, 3.8) is 0 Å². The molecule has 1 rings (SSSR count).